The van der Waals surface area contributed by atoms with Crippen molar-refractivity contribution in [3.8, 4) is 17.1 Å². The van der Waals surface area contributed by atoms with Crippen molar-refractivity contribution in [3.63, 3.8) is 0 Å². The highest BCUT2D eigenvalue weighted by atomic mass is 19.3. The fraction of sp³-hybridized carbons (Fsp3) is 0.250. The molecular formula is C20H21F2N5O. The van der Waals surface area contributed by atoms with Crippen LogP contribution in [0.3, 0.4) is 0 Å². The van der Waals surface area contributed by atoms with Gasteiger partial charge in [0.1, 0.15) is 23.1 Å². The number of hydrogen-bond donors (Lipinski definition) is 3. The lowest BCUT2D eigenvalue weighted by atomic mass is 10.2. The smallest absolute Gasteiger partial charge is 0.287 e. The van der Waals surface area contributed by atoms with E-state index in [-0.39, 0.29) is 17.5 Å². The molecule has 0 saturated heterocycles. The molecule has 0 aliphatic rings. The molecule has 28 heavy (non-hydrogen) atoms. The van der Waals surface area contributed by atoms with Crippen LogP contribution >= 0.6 is 0 Å². The number of halogens is 2. The van der Waals surface area contributed by atoms with Gasteiger partial charge < -0.3 is 15.7 Å². The minimum Gasteiger partial charge on any atom is -0.508 e. The maximum absolute atomic E-state index is 13.6. The van der Waals surface area contributed by atoms with Crippen LogP contribution in [-0.2, 0) is 5.92 Å². The van der Waals surface area contributed by atoms with Crippen LogP contribution in [0.5, 0.6) is 5.75 Å². The first-order valence-corrected chi connectivity index (χ1v) is 8.77. The van der Waals surface area contributed by atoms with Crippen LogP contribution in [0.25, 0.3) is 11.4 Å². The molecule has 3 N–H and O–H groups in total. The molecule has 146 valence electrons. The molecule has 0 amide bonds. The Labute approximate surface area is 161 Å². The summed E-state index contributed by atoms with van der Waals surface area (Å²) >= 11 is 0. The van der Waals surface area contributed by atoms with Crippen LogP contribution in [0.4, 0.5) is 26.1 Å². The van der Waals surface area contributed by atoms with Crippen molar-refractivity contribution >= 4 is 17.3 Å². The van der Waals surface area contributed by atoms with Crippen LogP contribution in [-0.4, -0.2) is 26.1 Å². The predicted molar refractivity (Wildman–Crippen MR) is 105 cm³/mol. The number of hydrogen-bond acceptors (Lipinski definition) is 6. The lowest BCUT2D eigenvalue weighted by Crippen LogP contribution is -2.12. The quantitative estimate of drug-likeness (QED) is 0.559. The van der Waals surface area contributed by atoms with Crippen molar-refractivity contribution in [1.29, 1.82) is 0 Å². The maximum Gasteiger partial charge on any atom is 0.287 e. The molecule has 0 bridgehead atoms. The summed E-state index contributed by atoms with van der Waals surface area (Å²) in [5.41, 5.74) is 0.730. The number of aromatic nitrogens is 3. The highest BCUT2D eigenvalue weighted by Crippen LogP contribution is 2.29. The zero-order chi connectivity index (χ0) is 20.3. The summed E-state index contributed by atoms with van der Waals surface area (Å²) in [5, 5.41) is 16.0. The van der Waals surface area contributed by atoms with Crippen LogP contribution in [0.15, 0.2) is 48.7 Å². The number of benzene rings is 1. The molecule has 1 aromatic carbocycles. The van der Waals surface area contributed by atoms with E-state index in [0.29, 0.717) is 28.7 Å². The number of nitrogens with zero attached hydrogens (tertiary/aromatic N) is 3. The van der Waals surface area contributed by atoms with Crippen molar-refractivity contribution in [2.45, 2.75) is 32.7 Å². The molecule has 0 spiro atoms. The number of rotatable bonds is 6. The minimum absolute atomic E-state index is 0.0989. The van der Waals surface area contributed by atoms with Gasteiger partial charge in [0, 0.05) is 36.5 Å². The Morgan fingerprint density at radius 3 is 2.46 bits per heavy atom. The summed E-state index contributed by atoms with van der Waals surface area (Å²) in [5.74, 6) is -1.56. The Bertz CT molecular complexity index is 973. The summed E-state index contributed by atoms with van der Waals surface area (Å²) in [4.78, 5) is 12.7. The fourth-order valence-electron chi connectivity index (χ4n) is 2.55. The summed E-state index contributed by atoms with van der Waals surface area (Å²) in [6, 6.07) is 11.3. The largest absolute Gasteiger partial charge is 0.508 e. The normalized spacial score (nSPS) is 11.5. The third kappa shape index (κ3) is 4.91. The molecular weight excluding hydrogens is 364 g/mol. The monoisotopic (exact) mass is 385 g/mol. The van der Waals surface area contributed by atoms with Gasteiger partial charge in [-0.1, -0.05) is 12.1 Å². The van der Waals surface area contributed by atoms with E-state index >= 15 is 0 Å². The highest BCUT2D eigenvalue weighted by molar-refractivity contribution is 5.66. The average Bonchev–Trinajstić information content (AvgIpc) is 2.60. The number of anilines is 3. The van der Waals surface area contributed by atoms with Gasteiger partial charge in [-0.25, -0.2) is 9.97 Å². The van der Waals surface area contributed by atoms with Gasteiger partial charge in [0.15, 0.2) is 5.82 Å². The third-order valence-corrected chi connectivity index (χ3v) is 3.75. The molecule has 0 atom stereocenters. The van der Waals surface area contributed by atoms with Crippen molar-refractivity contribution < 1.29 is 13.9 Å². The van der Waals surface area contributed by atoms with Crippen molar-refractivity contribution in [3.05, 3.63) is 54.4 Å². The van der Waals surface area contributed by atoms with E-state index in [1.165, 1.54) is 12.3 Å². The number of nitrogens with one attached hydrogen (secondary N) is 2. The van der Waals surface area contributed by atoms with E-state index in [1.54, 1.807) is 36.4 Å². The molecule has 6 nitrogen and oxygen atoms in total. The summed E-state index contributed by atoms with van der Waals surface area (Å²) in [6.45, 7) is 4.75. The second-order valence-electron chi connectivity index (χ2n) is 6.75. The number of pyridine rings is 1. The molecule has 0 aliphatic carbocycles. The van der Waals surface area contributed by atoms with Gasteiger partial charge in [-0.3, -0.25) is 4.98 Å². The van der Waals surface area contributed by atoms with Gasteiger partial charge >= 0.3 is 0 Å². The molecule has 0 fully saturated rings. The van der Waals surface area contributed by atoms with E-state index in [4.69, 9.17) is 0 Å². The number of phenols is 1. The number of aromatic hydroxyl groups is 1. The topological polar surface area (TPSA) is 83.0 Å². The first-order valence-electron chi connectivity index (χ1n) is 8.77. The maximum atomic E-state index is 13.6. The Kier molecular flexibility index (Phi) is 5.39. The zero-order valence-electron chi connectivity index (χ0n) is 15.7. The van der Waals surface area contributed by atoms with E-state index in [0.717, 1.165) is 6.92 Å². The van der Waals surface area contributed by atoms with Crippen molar-refractivity contribution in [2.75, 3.05) is 10.6 Å². The molecule has 2 heterocycles. The Balaban J connectivity index is 1.99. The summed E-state index contributed by atoms with van der Waals surface area (Å²) < 4.78 is 27.1. The first-order chi connectivity index (χ1) is 13.2. The number of alkyl halides is 2. The Morgan fingerprint density at radius 1 is 1.04 bits per heavy atom. The van der Waals surface area contributed by atoms with Crippen molar-refractivity contribution in [2.24, 2.45) is 0 Å². The third-order valence-electron chi connectivity index (χ3n) is 3.75. The van der Waals surface area contributed by atoms with Crippen molar-refractivity contribution in [1.82, 2.24) is 15.0 Å². The fourth-order valence-corrected chi connectivity index (χ4v) is 2.55. The van der Waals surface area contributed by atoms with E-state index < -0.39 is 5.92 Å². The van der Waals surface area contributed by atoms with Crippen LogP contribution in [0.2, 0.25) is 0 Å². The summed E-state index contributed by atoms with van der Waals surface area (Å²) in [6.07, 6.45) is 1.32. The number of phenolic OH excluding ortho intramolecular Hbond substituents is 1. The van der Waals surface area contributed by atoms with Gasteiger partial charge in [-0.2, -0.15) is 8.78 Å². The summed E-state index contributed by atoms with van der Waals surface area (Å²) in [7, 11) is 0. The molecule has 2 aromatic heterocycles. The molecule has 0 unspecified atom stereocenters. The van der Waals surface area contributed by atoms with Gasteiger partial charge in [-0.05, 0) is 38.1 Å². The first kappa shape index (κ1) is 19.5. The standard InChI is InChI=1S/C20H21F2N5O/c1-12(2)24-17-11-18(25-14-7-8-23-16(10-14)20(3,21)22)27-19(26-17)13-5-4-6-15(28)9-13/h4-12,28H,1-3H3,(H2,23,24,25,26,27). The minimum atomic E-state index is -3.04. The lowest BCUT2D eigenvalue weighted by Gasteiger charge is -2.15. The van der Waals surface area contributed by atoms with Crippen LogP contribution in [0, 0.1) is 0 Å². The molecule has 3 rings (SSSR count). The van der Waals surface area contributed by atoms with Gasteiger partial charge in [-0.15, -0.1) is 0 Å². The lowest BCUT2D eigenvalue weighted by molar-refractivity contribution is 0.0128. The van der Waals surface area contributed by atoms with E-state index in [2.05, 4.69) is 25.6 Å². The molecule has 0 saturated carbocycles. The van der Waals surface area contributed by atoms with Gasteiger partial charge in [0.25, 0.3) is 5.92 Å². The van der Waals surface area contributed by atoms with Crippen LogP contribution in [0.1, 0.15) is 26.5 Å². The van der Waals surface area contributed by atoms with E-state index in [1.807, 2.05) is 13.8 Å². The average molecular weight is 385 g/mol. The molecule has 0 aliphatic heterocycles. The second-order valence-corrected chi connectivity index (χ2v) is 6.75. The highest BCUT2D eigenvalue weighted by Gasteiger charge is 2.26. The van der Waals surface area contributed by atoms with Gasteiger partial charge in [0.2, 0.25) is 0 Å². The van der Waals surface area contributed by atoms with Gasteiger partial charge in [0.05, 0.1) is 0 Å². The molecule has 8 heteroatoms. The zero-order valence-corrected chi connectivity index (χ0v) is 15.7. The Hall–Kier alpha value is -3.29. The second kappa shape index (κ2) is 7.75. The van der Waals surface area contributed by atoms with Crippen LogP contribution < -0.4 is 10.6 Å². The predicted octanol–water partition coefficient (Wildman–Crippen LogP) is 4.92. The van der Waals surface area contributed by atoms with E-state index in [9.17, 15) is 13.9 Å². The Morgan fingerprint density at radius 2 is 1.79 bits per heavy atom. The molecule has 3 aromatic rings. The molecule has 0 radical (unpaired) electrons. The SMILES string of the molecule is CC(C)Nc1cc(Nc2ccnc(C(C)(F)F)c2)nc(-c2cccc(O)c2)n1.